The van der Waals surface area contributed by atoms with Crippen LogP contribution in [-0.2, 0) is 6.54 Å². The Balaban J connectivity index is 1.36. The maximum atomic E-state index is 13.9. The Kier molecular flexibility index (Phi) is 6.73. The van der Waals surface area contributed by atoms with E-state index in [1.807, 2.05) is 47.5 Å². The number of pyridine rings is 3. The number of nitrogens with two attached hydrogens (primary N) is 1. The van der Waals surface area contributed by atoms with Gasteiger partial charge in [0.15, 0.2) is 5.88 Å². The maximum Gasteiger partial charge on any atom is 0.254 e. The summed E-state index contributed by atoms with van der Waals surface area (Å²) in [4.78, 5) is 30.6. The molecule has 1 amide bonds. The number of amides is 1. The predicted molar refractivity (Wildman–Crippen MR) is 168 cm³/mol. The van der Waals surface area contributed by atoms with Crippen molar-refractivity contribution in [1.82, 2.24) is 28.8 Å². The fraction of sp³-hybridized carbons (Fsp3) is 0.412. The van der Waals surface area contributed by atoms with Gasteiger partial charge in [0.25, 0.3) is 5.91 Å². The largest absolute Gasteiger partial charge is 0.482 e. The lowest BCUT2D eigenvalue weighted by Gasteiger charge is -2.28. The summed E-state index contributed by atoms with van der Waals surface area (Å²) in [6, 6.07) is 14.2. The average molecular weight is 578 g/mol. The number of aromatic nitrogens is 5. The number of nitrogens with zero attached hydrogens (tertiary/aromatic N) is 6. The molecule has 1 saturated heterocycles. The number of carbonyl (C=O) groups is 1. The fourth-order valence-electron chi connectivity index (χ4n) is 6.79. The van der Waals surface area contributed by atoms with Crippen molar-refractivity contribution in [2.24, 2.45) is 11.7 Å². The number of carbonyl (C=O) groups excluding carboxylic acids is 1. The molecule has 7 rings (SSSR count). The minimum Gasteiger partial charge on any atom is -0.482 e. The highest BCUT2D eigenvalue weighted by molar-refractivity contribution is 5.96. The van der Waals surface area contributed by atoms with Crippen LogP contribution in [0.5, 0.6) is 5.88 Å². The van der Waals surface area contributed by atoms with E-state index in [0.717, 1.165) is 64.5 Å². The van der Waals surface area contributed by atoms with Crippen LogP contribution >= 0.6 is 0 Å². The Labute approximate surface area is 251 Å². The number of methoxy groups -OCH3 is 1. The van der Waals surface area contributed by atoms with Crippen molar-refractivity contribution >= 4 is 22.6 Å². The topological polar surface area (TPSA) is 104 Å². The second-order valence-corrected chi connectivity index (χ2v) is 12.3. The number of imidazole rings is 1. The maximum absolute atomic E-state index is 13.9. The van der Waals surface area contributed by atoms with Gasteiger partial charge in [0, 0.05) is 59.1 Å². The summed E-state index contributed by atoms with van der Waals surface area (Å²) >= 11 is 0. The SMILES string of the molecule is CCC1CC(N)C(C)N1C(=O)c1cc(OC)n2c(C)c(-c3cc4ccc(-c5cccnc5C)nc4n3CC3CC3)nc2c1. The van der Waals surface area contributed by atoms with Crippen LogP contribution in [0, 0.1) is 19.8 Å². The van der Waals surface area contributed by atoms with Gasteiger partial charge in [-0.2, -0.15) is 0 Å². The third kappa shape index (κ3) is 4.57. The number of fused-ring (bicyclic) bond motifs is 2. The number of ether oxygens (including phenoxy) is 1. The molecule has 3 unspecified atom stereocenters. The zero-order valence-electron chi connectivity index (χ0n) is 25.5. The highest BCUT2D eigenvalue weighted by Gasteiger charge is 2.39. The Morgan fingerprint density at radius 2 is 1.93 bits per heavy atom. The molecule has 3 atom stereocenters. The molecule has 2 aliphatic rings. The van der Waals surface area contributed by atoms with Crippen molar-refractivity contribution < 1.29 is 9.53 Å². The van der Waals surface area contributed by atoms with Crippen LogP contribution in [0.15, 0.2) is 48.7 Å². The van der Waals surface area contributed by atoms with E-state index in [1.54, 1.807) is 7.11 Å². The molecule has 222 valence electrons. The fourth-order valence-corrected chi connectivity index (χ4v) is 6.79. The minimum atomic E-state index is -0.0272. The van der Waals surface area contributed by atoms with Crippen molar-refractivity contribution in [3.63, 3.8) is 0 Å². The van der Waals surface area contributed by atoms with E-state index in [1.165, 1.54) is 12.8 Å². The molecule has 2 fully saturated rings. The van der Waals surface area contributed by atoms with E-state index in [2.05, 4.69) is 47.7 Å². The Morgan fingerprint density at radius 1 is 1.12 bits per heavy atom. The zero-order valence-corrected chi connectivity index (χ0v) is 25.5. The van der Waals surface area contributed by atoms with E-state index in [-0.39, 0.29) is 24.0 Å². The standard InChI is InChI=1S/C34H39N7O2/c1-6-25-17-27(35)20(3)40(25)34(42)24-15-30-38-32(21(4)41(30)31(16-24)43-5)29-14-23-11-12-28(26-8-7-13-36-19(26)2)37-33(23)39(29)18-22-9-10-22/h7-8,11-16,20,22,25,27H,6,9-10,17-18,35H2,1-5H3. The van der Waals surface area contributed by atoms with Gasteiger partial charge in [-0.3, -0.25) is 14.2 Å². The lowest BCUT2D eigenvalue weighted by molar-refractivity contribution is 0.0671. The summed E-state index contributed by atoms with van der Waals surface area (Å²) in [5.41, 5.74) is 14.3. The van der Waals surface area contributed by atoms with Gasteiger partial charge in [-0.1, -0.05) is 6.92 Å². The van der Waals surface area contributed by atoms with Crippen LogP contribution in [0.1, 0.15) is 61.3 Å². The molecule has 0 radical (unpaired) electrons. The molecule has 9 heteroatoms. The lowest BCUT2D eigenvalue weighted by Crippen LogP contribution is -2.43. The molecule has 1 aliphatic heterocycles. The third-order valence-corrected chi connectivity index (χ3v) is 9.48. The molecule has 9 nitrogen and oxygen atoms in total. The van der Waals surface area contributed by atoms with Gasteiger partial charge >= 0.3 is 0 Å². The molecule has 5 aromatic rings. The van der Waals surface area contributed by atoms with Crippen LogP contribution in [0.3, 0.4) is 0 Å². The molecule has 0 spiro atoms. The van der Waals surface area contributed by atoms with Gasteiger partial charge in [-0.15, -0.1) is 0 Å². The molecule has 43 heavy (non-hydrogen) atoms. The van der Waals surface area contributed by atoms with Gasteiger partial charge < -0.3 is 19.9 Å². The van der Waals surface area contributed by atoms with E-state index in [0.29, 0.717) is 23.0 Å². The van der Waals surface area contributed by atoms with Crippen molar-refractivity contribution in [1.29, 1.82) is 0 Å². The van der Waals surface area contributed by atoms with Crippen LogP contribution in [-0.4, -0.2) is 60.0 Å². The van der Waals surface area contributed by atoms with Gasteiger partial charge in [0.05, 0.1) is 24.2 Å². The number of rotatable bonds is 7. The summed E-state index contributed by atoms with van der Waals surface area (Å²) in [5, 5.41) is 1.07. The van der Waals surface area contributed by atoms with Gasteiger partial charge in [0.2, 0.25) is 0 Å². The number of hydrogen-bond donors (Lipinski definition) is 1. The monoisotopic (exact) mass is 577 g/mol. The lowest BCUT2D eigenvalue weighted by atomic mass is 10.1. The van der Waals surface area contributed by atoms with Crippen molar-refractivity contribution in [2.45, 2.75) is 78.0 Å². The van der Waals surface area contributed by atoms with Crippen molar-refractivity contribution in [2.75, 3.05) is 7.11 Å². The first kappa shape index (κ1) is 27.6. The Hall–Kier alpha value is -4.24. The van der Waals surface area contributed by atoms with E-state index in [4.69, 9.17) is 20.4 Å². The summed E-state index contributed by atoms with van der Waals surface area (Å²) in [5.74, 6) is 1.19. The summed E-state index contributed by atoms with van der Waals surface area (Å²) in [7, 11) is 1.64. The molecule has 5 aromatic heterocycles. The molecule has 0 bridgehead atoms. The smallest absolute Gasteiger partial charge is 0.254 e. The van der Waals surface area contributed by atoms with Gasteiger partial charge in [0.1, 0.15) is 17.0 Å². The van der Waals surface area contributed by atoms with E-state index in [9.17, 15) is 4.79 Å². The summed E-state index contributed by atoms with van der Waals surface area (Å²) in [6.45, 7) is 9.12. The molecule has 0 aromatic carbocycles. The zero-order chi connectivity index (χ0) is 30.0. The summed E-state index contributed by atoms with van der Waals surface area (Å²) in [6.07, 6.45) is 5.95. The van der Waals surface area contributed by atoms with Gasteiger partial charge in [-0.25, -0.2) is 9.97 Å². The number of hydrogen-bond acceptors (Lipinski definition) is 6. The first-order chi connectivity index (χ1) is 20.8. The molecule has 6 heterocycles. The first-order valence-corrected chi connectivity index (χ1v) is 15.4. The van der Waals surface area contributed by atoms with E-state index >= 15 is 0 Å². The highest BCUT2D eigenvalue weighted by atomic mass is 16.5. The minimum absolute atomic E-state index is 0.0237. The predicted octanol–water partition coefficient (Wildman–Crippen LogP) is 5.79. The average Bonchev–Trinajstić information content (AvgIpc) is 3.59. The van der Waals surface area contributed by atoms with Crippen LogP contribution in [0.25, 0.3) is 39.3 Å². The van der Waals surface area contributed by atoms with Gasteiger partial charge in [-0.05, 0) is 88.8 Å². The molecule has 2 N–H and O–H groups in total. The van der Waals surface area contributed by atoms with E-state index < -0.39 is 0 Å². The Bertz CT molecular complexity index is 1870. The molecular formula is C34H39N7O2. The molecule has 1 aliphatic carbocycles. The number of aryl methyl sites for hydroxylation is 2. The van der Waals surface area contributed by atoms with Crippen LogP contribution in [0.2, 0.25) is 0 Å². The van der Waals surface area contributed by atoms with Crippen LogP contribution in [0.4, 0.5) is 0 Å². The molecule has 1 saturated carbocycles. The van der Waals surface area contributed by atoms with Crippen molar-refractivity contribution in [3.8, 4) is 28.5 Å². The normalized spacial score (nSPS) is 20.4. The van der Waals surface area contributed by atoms with Crippen molar-refractivity contribution in [3.05, 3.63) is 65.6 Å². The second kappa shape index (κ2) is 10.5. The third-order valence-electron chi connectivity index (χ3n) is 9.48. The Morgan fingerprint density at radius 3 is 2.65 bits per heavy atom. The van der Waals surface area contributed by atoms with Crippen LogP contribution < -0.4 is 10.5 Å². The second-order valence-electron chi connectivity index (χ2n) is 12.3. The summed E-state index contributed by atoms with van der Waals surface area (Å²) < 4.78 is 10.2. The first-order valence-electron chi connectivity index (χ1n) is 15.4. The molecular weight excluding hydrogens is 538 g/mol. The highest BCUT2D eigenvalue weighted by Crippen LogP contribution is 2.38. The number of likely N-dealkylation sites (tertiary alicyclic amines) is 1. The quantitative estimate of drug-likeness (QED) is 0.263.